The van der Waals surface area contributed by atoms with Gasteiger partial charge in [-0.1, -0.05) is 40.9 Å². The summed E-state index contributed by atoms with van der Waals surface area (Å²) in [4.78, 5) is 12.7. The number of halogens is 3. The highest BCUT2D eigenvalue weighted by atomic mass is 35.5. The van der Waals surface area contributed by atoms with E-state index < -0.39 is 5.54 Å². The van der Waals surface area contributed by atoms with E-state index in [1.54, 1.807) is 49.0 Å². The molecule has 0 bridgehead atoms. The predicted octanol–water partition coefficient (Wildman–Crippen LogP) is 4.77. The Morgan fingerprint density at radius 2 is 1.89 bits per heavy atom. The van der Waals surface area contributed by atoms with Gasteiger partial charge in [-0.3, -0.25) is 14.2 Å². The molecule has 0 atom stereocenters. The van der Waals surface area contributed by atoms with E-state index in [-0.39, 0.29) is 5.91 Å². The van der Waals surface area contributed by atoms with Crippen LogP contribution >= 0.6 is 34.8 Å². The fourth-order valence-electron chi connectivity index (χ4n) is 2.54. The van der Waals surface area contributed by atoms with Crippen LogP contribution in [0.4, 0.5) is 5.82 Å². The van der Waals surface area contributed by atoms with Crippen molar-refractivity contribution in [2.45, 2.75) is 32.9 Å². The number of carbonyl (C=O) groups is 1. The molecule has 9 heteroatoms. The Morgan fingerprint density at radius 3 is 2.48 bits per heavy atom. The molecule has 3 rings (SSSR count). The van der Waals surface area contributed by atoms with Gasteiger partial charge in [0.1, 0.15) is 5.54 Å². The van der Waals surface area contributed by atoms with Crippen LogP contribution in [0.2, 0.25) is 15.1 Å². The number of benzene rings is 1. The average molecular weight is 427 g/mol. The molecule has 2 aromatic heterocycles. The van der Waals surface area contributed by atoms with Gasteiger partial charge in [0.15, 0.2) is 5.82 Å². The molecule has 1 N–H and O–H groups in total. The molecule has 0 aliphatic heterocycles. The summed E-state index contributed by atoms with van der Waals surface area (Å²) in [6.45, 7) is 5.79. The van der Waals surface area contributed by atoms with Gasteiger partial charge in [-0.25, -0.2) is 0 Å². The minimum atomic E-state index is -0.934. The van der Waals surface area contributed by atoms with Crippen LogP contribution in [-0.4, -0.2) is 25.5 Å². The summed E-state index contributed by atoms with van der Waals surface area (Å²) in [5.41, 5.74) is 0.703. The van der Waals surface area contributed by atoms with E-state index in [9.17, 15) is 4.79 Å². The number of rotatable bonds is 5. The first kappa shape index (κ1) is 19.7. The van der Waals surface area contributed by atoms with Crippen molar-refractivity contribution in [2.24, 2.45) is 0 Å². The van der Waals surface area contributed by atoms with Crippen LogP contribution in [0.5, 0.6) is 0 Å². The van der Waals surface area contributed by atoms with Crippen LogP contribution < -0.4 is 5.32 Å². The van der Waals surface area contributed by atoms with Gasteiger partial charge in [0.2, 0.25) is 0 Å². The maximum absolute atomic E-state index is 12.7. The van der Waals surface area contributed by atoms with Crippen LogP contribution in [-0.2, 0) is 16.9 Å². The number of nitrogens with zero attached hydrogens (tertiary/aromatic N) is 4. The molecule has 2 heterocycles. The first-order valence-corrected chi connectivity index (χ1v) is 9.31. The van der Waals surface area contributed by atoms with E-state index >= 15 is 0 Å². The van der Waals surface area contributed by atoms with Crippen LogP contribution in [0.15, 0.2) is 36.7 Å². The van der Waals surface area contributed by atoms with E-state index in [2.05, 4.69) is 15.5 Å². The molecule has 6 nitrogen and oxygen atoms in total. The highest BCUT2D eigenvalue weighted by Crippen LogP contribution is 2.26. The van der Waals surface area contributed by atoms with Crippen molar-refractivity contribution in [1.82, 2.24) is 19.6 Å². The fraction of sp³-hybridized carbons (Fsp3) is 0.278. The molecule has 0 fully saturated rings. The van der Waals surface area contributed by atoms with Crippen molar-refractivity contribution in [3.8, 4) is 0 Å². The minimum absolute atomic E-state index is 0.261. The normalized spacial score (nSPS) is 11.6. The first-order valence-electron chi connectivity index (χ1n) is 8.18. The number of hydrogen-bond acceptors (Lipinski definition) is 3. The second kappa shape index (κ2) is 7.54. The number of amides is 1. The van der Waals surface area contributed by atoms with E-state index in [1.807, 2.05) is 6.92 Å². The van der Waals surface area contributed by atoms with Crippen LogP contribution in [0.1, 0.15) is 25.1 Å². The molecule has 0 radical (unpaired) electrons. The van der Waals surface area contributed by atoms with Crippen molar-refractivity contribution in [1.29, 1.82) is 0 Å². The van der Waals surface area contributed by atoms with E-state index in [0.29, 0.717) is 27.4 Å². The highest BCUT2D eigenvalue weighted by molar-refractivity contribution is 6.36. The van der Waals surface area contributed by atoms with Gasteiger partial charge in [-0.15, -0.1) is 0 Å². The van der Waals surface area contributed by atoms with E-state index in [0.717, 1.165) is 11.3 Å². The van der Waals surface area contributed by atoms with Gasteiger partial charge in [0, 0.05) is 33.6 Å². The second-order valence-corrected chi connectivity index (χ2v) is 7.90. The molecule has 3 aromatic rings. The Balaban J connectivity index is 1.79. The number of anilines is 1. The van der Waals surface area contributed by atoms with Crippen LogP contribution in [0.3, 0.4) is 0 Å². The zero-order chi connectivity index (χ0) is 19.8. The molecule has 0 unspecified atom stereocenters. The minimum Gasteiger partial charge on any atom is -0.307 e. The third-order valence-corrected chi connectivity index (χ3v) is 5.18. The fourth-order valence-corrected chi connectivity index (χ4v) is 3.20. The predicted molar refractivity (Wildman–Crippen MR) is 108 cm³/mol. The van der Waals surface area contributed by atoms with Crippen LogP contribution in [0.25, 0.3) is 0 Å². The lowest BCUT2D eigenvalue weighted by molar-refractivity contribution is -0.123. The summed E-state index contributed by atoms with van der Waals surface area (Å²) in [7, 11) is 0. The van der Waals surface area contributed by atoms with E-state index in [1.165, 1.54) is 10.9 Å². The van der Waals surface area contributed by atoms with Gasteiger partial charge >= 0.3 is 0 Å². The Morgan fingerprint density at radius 1 is 1.22 bits per heavy atom. The van der Waals surface area contributed by atoms with Crippen molar-refractivity contribution >= 4 is 46.5 Å². The number of nitrogens with one attached hydrogen (secondary N) is 1. The van der Waals surface area contributed by atoms with Gasteiger partial charge in [-0.05, 0) is 32.9 Å². The van der Waals surface area contributed by atoms with Crippen molar-refractivity contribution in [2.75, 3.05) is 5.32 Å². The number of carbonyl (C=O) groups excluding carboxylic acids is 1. The molecule has 1 amide bonds. The second-order valence-electron chi connectivity index (χ2n) is 6.65. The molecule has 0 saturated carbocycles. The Bertz CT molecular complexity index is 973. The lowest BCUT2D eigenvalue weighted by atomic mass is 10.1. The third-order valence-electron chi connectivity index (χ3n) is 4.27. The molecular weight excluding hydrogens is 409 g/mol. The largest absolute Gasteiger partial charge is 0.307 e. The highest BCUT2D eigenvalue weighted by Gasteiger charge is 2.31. The third kappa shape index (κ3) is 4.13. The maximum Gasteiger partial charge on any atom is 0.252 e. The van der Waals surface area contributed by atoms with Gasteiger partial charge < -0.3 is 5.32 Å². The summed E-state index contributed by atoms with van der Waals surface area (Å²) >= 11 is 18.4. The number of aromatic nitrogens is 4. The lowest BCUT2D eigenvalue weighted by Gasteiger charge is -2.23. The summed E-state index contributed by atoms with van der Waals surface area (Å²) < 4.78 is 3.25. The Labute approximate surface area is 172 Å². The van der Waals surface area contributed by atoms with E-state index in [4.69, 9.17) is 34.8 Å². The molecule has 0 spiro atoms. The molecule has 0 aliphatic carbocycles. The summed E-state index contributed by atoms with van der Waals surface area (Å²) in [5.74, 6) is 0.176. The molecule has 0 aliphatic rings. The zero-order valence-electron chi connectivity index (χ0n) is 15.0. The SMILES string of the molecule is Cc1cc(NC(=O)C(C)(C)n2cc(Cl)cn2)nn1Cc1c(Cl)cccc1Cl. The lowest BCUT2D eigenvalue weighted by Crippen LogP contribution is -2.40. The van der Waals surface area contributed by atoms with Crippen molar-refractivity contribution in [3.63, 3.8) is 0 Å². The first-order chi connectivity index (χ1) is 12.7. The number of hydrogen-bond donors (Lipinski definition) is 1. The summed E-state index contributed by atoms with van der Waals surface area (Å²) in [6.07, 6.45) is 3.09. The van der Waals surface area contributed by atoms with Gasteiger partial charge in [0.05, 0.1) is 17.8 Å². The molecule has 0 saturated heterocycles. The topological polar surface area (TPSA) is 64.7 Å². The molecule has 142 valence electrons. The Kier molecular flexibility index (Phi) is 5.51. The molecular formula is C18H18Cl3N5O. The average Bonchev–Trinajstić information content (AvgIpc) is 3.17. The Hall–Kier alpha value is -2.02. The summed E-state index contributed by atoms with van der Waals surface area (Å²) in [6, 6.07) is 7.14. The monoisotopic (exact) mass is 425 g/mol. The number of aryl methyl sites for hydroxylation is 1. The smallest absolute Gasteiger partial charge is 0.252 e. The molecule has 1 aromatic carbocycles. The van der Waals surface area contributed by atoms with Crippen LogP contribution in [0, 0.1) is 6.92 Å². The molecule has 27 heavy (non-hydrogen) atoms. The van der Waals surface area contributed by atoms with Crippen molar-refractivity contribution in [3.05, 3.63) is 63.0 Å². The quantitative estimate of drug-likeness (QED) is 0.639. The van der Waals surface area contributed by atoms with Crippen molar-refractivity contribution < 1.29 is 4.79 Å². The van der Waals surface area contributed by atoms with Gasteiger partial charge in [-0.2, -0.15) is 10.2 Å². The van der Waals surface area contributed by atoms with Gasteiger partial charge in [0.25, 0.3) is 5.91 Å². The standard InChI is InChI=1S/C18H18Cl3N5O/c1-11-7-16(23-17(27)18(2,3)26-9-12(19)8-22-26)24-25(11)10-13-14(20)5-4-6-15(13)21/h4-9H,10H2,1-3H3,(H,23,24,27). The maximum atomic E-state index is 12.7. The summed E-state index contributed by atoms with van der Waals surface area (Å²) in [5, 5.41) is 13.0. The zero-order valence-corrected chi connectivity index (χ0v) is 17.3.